The van der Waals surface area contributed by atoms with Crippen molar-refractivity contribution >= 4 is 5.91 Å². The number of nitrogens with one attached hydrogen (secondary N) is 2. The lowest BCUT2D eigenvalue weighted by Gasteiger charge is -2.25. The third kappa shape index (κ3) is 3.22. The van der Waals surface area contributed by atoms with Crippen LogP contribution in [0.1, 0.15) is 26.2 Å². The lowest BCUT2D eigenvalue weighted by molar-refractivity contribution is -0.120. The number of hydrogen-bond acceptors (Lipinski definition) is 2. The minimum atomic E-state index is 0.108. The summed E-state index contributed by atoms with van der Waals surface area (Å²) in [6.07, 6.45) is 4.04. The van der Waals surface area contributed by atoms with Crippen LogP contribution >= 0.6 is 0 Å². The van der Waals surface area contributed by atoms with Crippen LogP contribution < -0.4 is 10.6 Å². The van der Waals surface area contributed by atoms with Gasteiger partial charge in [-0.3, -0.25) is 4.79 Å². The molecule has 0 bridgehead atoms. The van der Waals surface area contributed by atoms with Gasteiger partial charge in [0.25, 0.3) is 0 Å². The molecule has 0 atom stereocenters. The van der Waals surface area contributed by atoms with E-state index >= 15 is 0 Å². The zero-order chi connectivity index (χ0) is 8.81. The summed E-state index contributed by atoms with van der Waals surface area (Å²) in [7, 11) is 0. The summed E-state index contributed by atoms with van der Waals surface area (Å²) in [5, 5.41) is 5.91. The molecule has 1 saturated carbocycles. The van der Waals surface area contributed by atoms with Crippen LogP contribution in [0.25, 0.3) is 0 Å². The normalized spacial score (nSPS) is 17.1. The molecule has 70 valence electrons. The second-order valence-electron chi connectivity index (χ2n) is 3.38. The Bertz CT molecular complexity index is 143. The van der Waals surface area contributed by atoms with Crippen molar-refractivity contribution < 1.29 is 4.79 Å². The summed E-state index contributed by atoms with van der Waals surface area (Å²) < 4.78 is 0. The molecule has 0 unspecified atom stereocenters. The standard InChI is InChI=1S/C9H18N2O/c1-2-11-9(12)7-10-6-8-4-3-5-8/h8,10H,2-7H2,1H3,(H,11,12). The summed E-state index contributed by atoms with van der Waals surface area (Å²) in [6, 6.07) is 0. The predicted molar refractivity (Wildman–Crippen MR) is 48.9 cm³/mol. The van der Waals surface area contributed by atoms with E-state index in [1.807, 2.05) is 6.92 Å². The van der Waals surface area contributed by atoms with E-state index < -0.39 is 0 Å². The molecule has 1 aliphatic rings. The van der Waals surface area contributed by atoms with E-state index in [0.717, 1.165) is 19.0 Å². The third-order valence-electron chi connectivity index (χ3n) is 2.32. The van der Waals surface area contributed by atoms with Crippen molar-refractivity contribution in [1.29, 1.82) is 0 Å². The van der Waals surface area contributed by atoms with Crippen molar-refractivity contribution in [3.05, 3.63) is 0 Å². The number of carbonyl (C=O) groups excluding carboxylic acids is 1. The van der Waals surface area contributed by atoms with Gasteiger partial charge in [-0.25, -0.2) is 0 Å². The molecule has 3 nitrogen and oxygen atoms in total. The van der Waals surface area contributed by atoms with E-state index in [2.05, 4.69) is 10.6 Å². The Balaban J connectivity index is 1.90. The third-order valence-corrected chi connectivity index (χ3v) is 2.32. The molecule has 0 aliphatic heterocycles. The van der Waals surface area contributed by atoms with Crippen LogP contribution in [-0.4, -0.2) is 25.5 Å². The van der Waals surface area contributed by atoms with Gasteiger partial charge < -0.3 is 10.6 Å². The molecule has 0 aromatic carbocycles. The molecule has 1 fully saturated rings. The van der Waals surface area contributed by atoms with Crippen molar-refractivity contribution in [1.82, 2.24) is 10.6 Å². The molecule has 0 aromatic heterocycles. The highest BCUT2D eigenvalue weighted by Gasteiger charge is 2.16. The lowest BCUT2D eigenvalue weighted by atomic mass is 9.85. The van der Waals surface area contributed by atoms with E-state index in [1.165, 1.54) is 19.3 Å². The first-order valence-electron chi connectivity index (χ1n) is 4.80. The maximum atomic E-state index is 11.0. The highest BCUT2D eigenvalue weighted by molar-refractivity contribution is 5.77. The van der Waals surface area contributed by atoms with Gasteiger partial charge in [-0.05, 0) is 32.2 Å². The average molecular weight is 170 g/mol. The molecular weight excluding hydrogens is 152 g/mol. The van der Waals surface area contributed by atoms with Crippen LogP contribution in [0.3, 0.4) is 0 Å². The first-order chi connectivity index (χ1) is 5.83. The maximum absolute atomic E-state index is 11.0. The van der Waals surface area contributed by atoms with E-state index in [0.29, 0.717) is 6.54 Å². The number of carbonyl (C=O) groups is 1. The van der Waals surface area contributed by atoms with Crippen LogP contribution in [0.5, 0.6) is 0 Å². The summed E-state index contributed by atoms with van der Waals surface area (Å²) in [6.45, 7) is 4.15. The molecule has 1 amide bonds. The molecule has 0 spiro atoms. The largest absolute Gasteiger partial charge is 0.355 e. The van der Waals surface area contributed by atoms with E-state index in [1.54, 1.807) is 0 Å². The van der Waals surface area contributed by atoms with Gasteiger partial charge in [-0.1, -0.05) is 6.42 Å². The van der Waals surface area contributed by atoms with Gasteiger partial charge in [0.15, 0.2) is 0 Å². The molecule has 2 N–H and O–H groups in total. The first-order valence-corrected chi connectivity index (χ1v) is 4.80. The van der Waals surface area contributed by atoms with Gasteiger partial charge in [-0.15, -0.1) is 0 Å². The Morgan fingerprint density at radius 2 is 2.25 bits per heavy atom. The van der Waals surface area contributed by atoms with Crippen LogP contribution in [0.2, 0.25) is 0 Å². The Labute approximate surface area is 73.9 Å². The monoisotopic (exact) mass is 170 g/mol. The second kappa shape index (κ2) is 5.14. The quantitative estimate of drug-likeness (QED) is 0.631. The van der Waals surface area contributed by atoms with Gasteiger partial charge >= 0.3 is 0 Å². The first kappa shape index (κ1) is 9.52. The predicted octanol–water partition coefficient (Wildman–Crippen LogP) is 0.512. The fourth-order valence-electron chi connectivity index (χ4n) is 1.35. The number of hydrogen-bond donors (Lipinski definition) is 2. The highest BCUT2D eigenvalue weighted by Crippen LogP contribution is 2.24. The van der Waals surface area contributed by atoms with Crippen molar-refractivity contribution in [3.8, 4) is 0 Å². The fraction of sp³-hybridized carbons (Fsp3) is 0.889. The van der Waals surface area contributed by atoms with Gasteiger partial charge in [0, 0.05) is 6.54 Å². The van der Waals surface area contributed by atoms with Crippen molar-refractivity contribution in [2.45, 2.75) is 26.2 Å². The molecule has 1 rings (SSSR count). The molecule has 0 aromatic rings. The van der Waals surface area contributed by atoms with Crippen LogP contribution in [0.4, 0.5) is 0 Å². The smallest absolute Gasteiger partial charge is 0.233 e. The van der Waals surface area contributed by atoms with Crippen molar-refractivity contribution in [2.75, 3.05) is 19.6 Å². The molecule has 1 aliphatic carbocycles. The van der Waals surface area contributed by atoms with E-state index in [-0.39, 0.29) is 5.91 Å². The SMILES string of the molecule is CCNC(=O)CNCC1CCC1. The van der Waals surface area contributed by atoms with E-state index in [4.69, 9.17) is 0 Å². The molecule has 0 radical (unpaired) electrons. The van der Waals surface area contributed by atoms with Crippen molar-refractivity contribution in [3.63, 3.8) is 0 Å². The summed E-state index contributed by atoms with van der Waals surface area (Å²) >= 11 is 0. The molecule has 3 heteroatoms. The van der Waals surface area contributed by atoms with Crippen LogP contribution in [-0.2, 0) is 4.79 Å². The Kier molecular flexibility index (Phi) is 4.08. The second-order valence-corrected chi connectivity index (χ2v) is 3.38. The Hall–Kier alpha value is -0.570. The van der Waals surface area contributed by atoms with Crippen LogP contribution in [0, 0.1) is 5.92 Å². The minimum Gasteiger partial charge on any atom is -0.355 e. The average Bonchev–Trinajstić information content (AvgIpc) is 1.95. The summed E-state index contributed by atoms with van der Waals surface area (Å²) in [5.41, 5.74) is 0. The molecule has 12 heavy (non-hydrogen) atoms. The number of rotatable bonds is 5. The topological polar surface area (TPSA) is 41.1 Å². The summed E-state index contributed by atoms with van der Waals surface area (Å²) in [4.78, 5) is 11.0. The van der Waals surface area contributed by atoms with Gasteiger partial charge in [0.2, 0.25) is 5.91 Å². The highest BCUT2D eigenvalue weighted by atomic mass is 16.1. The number of amides is 1. The number of likely N-dealkylation sites (N-methyl/N-ethyl adjacent to an activating group) is 1. The van der Waals surface area contributed by atoms with Gasteiger partial charge in [0.05, 0.1) is 6.54 Å². The zero-order valence-electron chi connectivity index (χ0n) is 7.73. The van der Waals surface area contributed by atoms with Gasteiger partial charge in [0.1, 0.15) is 0 Å². The molecule has 0 saturated heterocycles. The lowest BCUT2D eigenvalue weighted by Crippen LogP contribution is -2.37. The molecule has 0 heterocycles. The summed E-state index contributed by atoms with van der Waals surface area (Å²) in [5.74, 6) is 0.941. The maximum Gasteiger partial charge on any atom is 0.233 e. The Morgan fingerprint density at radius 1 is 1.50 bits per heavy atom. The fourth-order valence-corrected chi connectivity index (χ4v) is 1.35. The van der Waals surface area contributed by atoms with Crippen molar-refractivity contribution in [2.24, 2.45) is 5.92 Å². The molecular formula is C9H18N2O. The Morgan fingerprint density at radius 3 is 2.75 bits per heavy atom. The zero-order valence-corrected chi connectivity index (χ0v) is 7.73. The minimum absolute atomic E-state index is 0.108. The van der Waals surface area contributed by atoms with Crippen LogP contribution in [0.15, 0.2) is 0 Å². The van der Waals surface area contributed by atoms with E-state index in [9.17, 15) is 4.79 Å². The van der Waals surface area contributed by atoms with Gasteiger partial charge in [-0.2, -0.15) is 0 Å².